The van der Waals surface area contributed by atoms with E-state index in [-0.39, 0.29) is 6.61 Å². The number of hydrogen-bond acceptors (Lipinski definition) is 4. The lowest BCUT2D eigenvalue weighted by molar-refractivity contribution is -0.268. The second-order valence-electron chi connectivity index (χ2n) is 3.17. The summed E-state index contributed by atoms with van der Waals surface area (Å²) in [5, 5.41) is 9.58. The number of carbonyl (C=O) groups excluding carboxylic acids is 1. The number of hydrogen-bond donors (Lipinski definition) is 1. The summed E-state index contributed by atoms with van der Waals surface area (Å²) in [6, 6.07) is 2.14. The van der Waals surface area contributed by atoms with Crippen LogP contribution in [0.25, 0.3) is 0 Å². The van der Waals surface area contributed by atoms with Gasteiger partial charge in [-0.05, 0) is 13.0 Å². The number of esters is 1. The topological polar surface area (TPSA) is 59.4 Å². The molecule has 1 rings (SSSR count). The summed E-state index contributed by atoms with van der Waals surface area (Å²) in [7, 11) is 0. The minimum Gasteiger partial charge on any atom is -0.463 e. The first-order valence-corrected chi connectivity index (χ1v) is 4.70. The molecule has 1 N–H and O–H groups in total. The van der Waals surface area contributed by atoms with Gasteiger partial charge >= 0.3 is 12.1 Å². The van der Waals surface area contributed by atoms with Crippen LogP contribution in [0.1, 0.15) is 12.5 Å². The fraction of sp³-hybridized carbons (Fsp3) is 0.400. The number of alkyl halides is 3. The molecule has 0 aromatic carbocycles. The van der Waals surface area contributed by atoms with E-state index in [9.17, 15) is 23.1 Å². The Kier molecular flexibility index (Phi) is 3.72. The second kappa shape index (κ2) is 4.70. The molecule has 1 aromatic heterocycles. The minimum atomic E-state index is -5.18. The molecule has 1 unspecified atom stereocenters. The van der Waals surface area contributed by atoms with Gasteiger partial charge < -0.3 is 9.84 Å². The van der Waals surface area contributed by atoms with Gasteiger partial charge in [0.15, 0.2) is 0 Å². The lowest BCUT2D eigenvalue weighted by atomic mass is 9.95. The van der Waals surface area contributed by atoms with Crippen LogP contribution in [0.5, 0.6) is 0 Å². The number of rotatable bonds is 3. The van der Waals surface area contributed by atoms with Gasteiger partial charge in [-0.25, -0.2) is 4.79 Å². The van der Waals surface area contributed by atoms with Crippen molar-refractivity contribution in [2.45, 2.75) is 18.7 Å². The number of pyridine rings is 1. The molecule has 94 valence electrons. The van der Waals surface area contributed by atoms with Crippen LogP contribution in [0.3, 0.4) is 0 Å². The summed E-state index contributed by atoms with van der Waals surface area (Å²) in [6.45, 7) is 1.08. The van der Waals surface area contributed by atoms with Gasteiger partial charge in [-0.1, -0.05) is 6.07 Å². The van der Waals surface area contributed by atoms with E-state index in [4.69, 9.17) is 0 Å². The van der Waals surface area contributed by atoms with E-state index in [1.807, 2.05) is 0 Å². The summed E-state index contributed by atoms with van der Waals surface area (Å²) in [6.07, 6.45) is -3.18. The predicted molar refractivity (Wildman–Crippen MR) is 50.8 cm³/mol. The number of nitrogens with zero attached hydrogens (tertiary/aromatic N) is 1. The first kappa shape index (κ1) is 13.4. The molecule has 1 heterocycles. The first-order chi connectivity index (χ1) is 7.84. The zero-order chi connectivity index (χ0) is 13.1. The SMILES string of the molecule is CCOC(=O)C(O)(c1cccnc1)C(F)(F)F. The van der Waals surface area contributed by atoms with Gasteiger partial charge in [-0.3, -0.25) is 4.98 Å². The van der Waals surface area contributed by atoms with Crippen LogP contribution >= 0.6 is 0 Å². The molecule has 1 aromatic rings. The van der Waals surface area contributed by atoms with Gasteiger partial charge in [0.2, 0.25) is 0 Å². The molecule has 0 bridgehead atoms. The molecule has 0 aliphatic carbocycles. The summed E-state index contributed by atoms with van der Waals surface area (Å²) >= 11 is 0. The van der Waals surface area contributed by atoms with Crippen molar-refractivity contribution in [3.63, 3.8) is 0 Å². The molecule has 17 heavy (non-hydrogen) atoms. The van der Waals surface area contributed by atoms with Crippen LogP contribution in [-0.2, 0) is 15.1 Å². The number of aliphatic hydroxyl groups is 1. The molecule has 0 saturated carbocycles. The Labute approximate surface area is 95.0 Å². The van der Waals surface area contributed by atoms with Gasteiger partial charge in [0, 0.05) is 18.0 Å². The van der Waals surface area contributed by atoms with E-state index in [0.717, 1.165) is 12.3 Å². The van der Waals surface area contributed by atoms with Crippen LogP contribution in [-0.4, -0.2) is 28.8 Å². The highest BCUT2D eigenvalue weighted by molar-refractivity contribution is 5.82. The smallest absolute Gasteiger partial charge is 0.432 e. The predicted octanol–water partition coefficient (Wildman–Crippen LogP) is 1.39. The second-order valence-corrected chi connectivity index (χ2v) is 3.17. The van der Waals surface area contributed by atoms with Gasteiger partial charge in [0.1, 0.15) is 0 Å². The molecule has 0 amide bonds. The molecule has 4 nitrogen and oxygen atoms in total. The molecule has 0 radical (unpaired) electrons. The van der Waals surface area contributed by atoms with Crippen LogP contribution < -0.4 is 0 Å². The highest BCUT2D eigenvalue weighted by atomic mass is 19.4. The molecular formula is C10H10F3NO3. The molecule has 0 aliphatic rings. The number of ether oxygens (including phenoxy) is 1. The van der Waals surface area contributed by atoms with Crippen LogP contribution in [0, 0.1) is 0 Å². The van der Waals surface area contributed by atoms with Crippen molar-refractivity contribution in [3.05, 3.63) is 30.1 Å². The van der Waals surface area contributed by atoms with E-state index in [1.165, 1.54) is 19.2 Å². The normalized spacial score (nSPS) is 15.1. The molecular weight excluding hydrogens is 239 g/mol. The van der Waals surface area contributed by atoms with E-state index in [1.54, 1.807) is 0 Å². The highest BCUT2D eigenvalue weighted by Crippen LogP contribution is 2.39. The maximum atomic E-state index is 12.8. The van der Waals surface area contributed by atoms with Gasteiger partial charge in [0.25, 0.3) is 5.60 Å². The summed E-state index contributed by atoms with van der Waals surface area (Å²) in [4.78, 5) is 14.7. The average molecular weight is 249 g/mol. The van der Waals surface area contributed by atoms with E-state index in [2.05, 4.69) is 9.72 Å². The van der Waals surface area contributed by atoms with Crippen molar-refractivity contribution in [2.75, 3.05) is 6.61 Å². The maximum Gasteiger partial charge on any atom is 0.432 e. The van der Waals surface area contributed by atoms with Crippen LogP contribution in [0.4, 0.5) is 13.2 Å². The Morgan fingerprint density at radius 1 is 1.53 bits per heavy atom. The highest BCUT2D eigenvalue weighted by Gasteiger charge is 2.62. The fourth-order valence-electron chi connectivity index (χ4n) is 1.21. The first-order valence-electron chi connectivity index (χ1n) is 4.70. The van der Waals surface area contributed by atoms with Gasteiger partial charge in [-0.15, -0.1) is 0 Å². The summed E-state index contributed by atoms with van der Waals surface area (Å²) < 4.78 is 42.6. The van der Waals surface area contributed by atoms with Crippen molar-refractivity contribution >= 4 is 5.97 Å². The standard InChI is InChI=1S/C10H10F3NO3/c1-2-17-8(15)9(16,10(11,12)13)7-4-3-5-14-6-7/h3-6,16H,2H2,1H3. The number of carbonyl (C=O) groups is 1. The third kappa shape index (κ3) is 2.38. The van der Waals surface area contributed by atoms with Crippen molar-refractivity contribution in [1.82, 2.24) is 4.98 Å². The summed E-state index contributed by atoms with van der Waals surface area (Å²) in [5.41, 5.74) is -4.36. The third-order valence-corrected chi connectivity index (χ3v) is 2.06. The molecule has 0 spiro atoms. The average Bonchev–Trinajstić information content (AvgIpc) is 2.28. The van der Waals surface area contributed by atoms with E-state index >= 15 is 0 Å². The monoisotopic (exact) mass is 249 g/mol. The Morgan fingerprint density at radius 3 is 2.59 bits per heavy atom. The summed E-state index contributed by atoms with van der Waals surface area (Å²) in [5.74, 6) is -1.76. The van der Waals surface area contributed by atoms with Crippen molar-refractivity contribution < 1.29 is 27.8 Å². The van der Waals surface area contributed by atoms with Crippen LogP contribution in [0.15, 0.2) is 24.5 Å². The van der Waals surface area contributed by atoms with Crippen LogP contribution in [0.2, 0.25) is 0 Å². The minimum absolute atomic E-state index is 0.266. The van der Waals surface area contributed by atoms with E-state index in [0.29, 0.717) is 0 Å². The zero-order valence-electron chi connectivity index (χ0n) is 8.86. The number of aromatic nitrogens is 1. The lowest BCUT2D eigenvalue weighted by Crippen LogP contribution is -2.50. The lowest BCUT2D eigenvalue weighted by Gasteiger charge is -2.27. The van der Waals surface area contributed by atoms with Crippen molar-refractivity contribution in [3.8, 4) is 0 Å². The Morgan fingerprint density at radius 2 is 2.18 bits per heavy atom. The zero-order valence-corrected chi connectivity index (χ0v) is 8.86. The molecule has 7 heteroatoms. The largest absolute Gasteiger partial charge is 0.463 e. The Balaban J connectivity index is 3.26. The third-order valence-electron chi connectivity index (χ3n) is 2.06. The fourth-order valence-corrected chi connectivity index (χ4v) is 1.21. The Bertz CT molecular complexity index is 394. The molecule has 1 atom stereocenters. The van der Waals surface area contributed by atoms with Gasteiger partial charge in [-0.2, -0.15) is 13.2 Å². The molecule has 0 fully saturated rings. The van der Waals surface area contributed by atoms with E-state index < -0.39 is 23.3 Å². The maximum absolute atomic E-state index is 12.8. The number of halogens is 3. The Hall–Kier alpha value is -1.63. The molecule has 0 aliphatic heterocycles. The van der Waals surface area contributed by atoms with Gasteiger partial charge in [0.05, 0.1) is 6.61 Å². The van der Waals surface area contributed by atoms with Crippen molar-refractivity contribution in [2.24, 2.45) is 0 Å². The molecule has 0 saturated heterocycles. The van der Waals surface area contributed by atoms with Crippen molar-refractivity contribution in [1.29, 1.82) is 0 Å². The quantitative estimate of drug-likeness (QED) is 0.822.